The van der Waals surface area contributed by atoms with Gasteiger partial charge in [-0.25, -0.2) is 0 Å². The predicted molar refractivity (Wildman–Crippen MR) is 149 cm³/mol. The van der Waals surface area contributed by atoms with Crippen molar-refractivity contribution in [3.8, 4) is 23.0 Å². The third-order valence-electron chi connectivity index (χ3n) is 6.86. The van der Waals surface area contributed by atoms with Gasteiger partial charge in [0.2, 0.25) is 0 Å². The molecule has 196 valence electrons. The Balaban J connectivity index is 1.35. The van der Waals surface area contributed by atoms with E-state index in [1.165, 1.54) is 14.2 Å². The summed E-state index contributed by atoms with van der Waals surface area (Å²) < 4.78 is 23.7. The molecular formula is C30H25N3O6. The summed E-state index contributed by atoms with van der Waals surface area (Å²) in [6, 6.07) is 18.4. The Morgan fingerprint density at radius 1 is 0.897 bits per heavy atom. The molecular weight excluding hydrogens is 498 g/mol. The Labute approximate surface area is 222 Å². The molecule has 3 aromatic heterocycles. The molecule has 0 radical (unpaired) electrons. The lowest BCUT2D eigenvalue weighted by atomic mass is 10.1. The van der Waals surface area contributed by atoms with Crippen LogP contribution in [0.5, 0.6) is 23.0 Å². The van der Waals surface area contributed by atoms with Crippen LogP contribution in [-0.4, -0.2) is 43.2 Å². The number of methoxy groups -OCH3 is 3. The number of benzene rings is 3. The van der Waals surface area contributed by atoms with Gasteiger partial charge >= 0.3 is 0 Å². The van der Waals surface area contributed by atoms with Crippen molar-refractivity contribution in [3.05, 3.63) is 82.8 Å². The molecule has 9 heteroatoms. The molecule has 6 rings (SSSR count). The van der Waals surface area contributed by atoms with E-state index in [9.17, 15) is 9.59 Å². The predicted octanol–water partition coefficient (Wildman–Crippen LogP) is 4.31. The number of rotatable bonds is 8. The summed E-state index contributed by atoms with van der Waals surface area (Å²) in [4.78, 5) is 30.9. The van der Waals surface area contributed by atoms with Gasteiger partial charge in [0.25, 0.3) is 11.5 Å². The van der Waals surface area contributed by atoms with Crippen molar-refractivity contribution in [1.29, 1.82) is 0 Å². The van der Waals surface area contributed by atoms with E-state index in [0.29, 0.717) is 51.1 Å². The van der Waals surface area contributed by atoms with Crippen LogP contribution in [0, 0.1) is 0 Å². The molecule has 3 heterocycles. The van der Waals surface area contributed by atoms with Crippen molar-refractivity contribution in [3.63, 3.8) is 0 Å². The number of nitrogens with zero attached hydrogens (tertiary/aromatic N) is 2. The lowest BCUT2D eigenvalue weighted by Gasteiger charge is -2.12. The van der Waals surface area contributed by atoms with Crippen molar-refractivity contribution in [2.24, 2.45) is 0 Å². The number of hydrogen-bond acceptors (Lipinski definition) is 7. The molecule has 9 nitrogen and oxygen atoms in total. The first kappa shape index (κ1) is 24.3. The molecule has 6 aromatic rings. The molecule has 1 amide bonds. The molecule has 1 N–H and O–H groups in total. The Morgan fingerprint density at radius 2 is 1.77 bits per heavy atom. The van der Waals surface area contributed by atoms with Gasteiger partial charge in [-0.1, -0.05) is 12.1 Å². The first-order chi connectivity index (χ1) is 19.0. The molecule has 0 unspecified atom stereocenters. The monoisotopic (exact) mass is 523 g/mol. The van der Waals surface area contributed by atoms with E-state index in [4.69, 9.17) is 18.9 Å². The molecule has 0 aliphatic rings. The maximum atomic E-state index is 13.9. The summed E-state index contributed by atoms with van der Waals surface area (Å²) in [7, 11) is 4.65. The average Bonchev–Trinajstić information content (AvgIpc) is 3.31. The summed E-state index contributed by atoms with van der Waals surface area (Å²) in [6.07, 6.45) is 1.72. The van der Waals surface area contributed by atoms with E-state index < -0.39 is 0 Å². The highest BCUT2D eigenvalue weighted by Gasteiger charge is 2.22. The van der Waals surface area contributed by atoms with E-state index in [-0.39, 0.29) is 18.1 Å². The Hall–Kier alpha value is -5.05. The van der Waals surface area contributed by atoms with E-state index >= 15 is 0 Å². The van der Waals surface area contributed by atoms with Crippen molar-refractivity contribution in [1.82, 2.24) is 14.7 Å². The number of ether oxygens (including phenoxy) is 4. The number of pyridine rings is 2. The zero-order valence-corrected chi connectivity index (χ0v) is 21.6. The Bertz CT molecular complexity index is 1930. The summed E-state index contributed by atoms with van der Waals surface area (Å²) >= 11 is 0. The summed E-state index contributed by atoms with van der Waals surface area (Å²) in [5.41, 5.74) is 2.79. The van der Waals surface area contributed by atoms with Gasteiger partial charge in [-0.15, -0.1) is 0 Å². The van der Waals surface area contributed by atoms with Crippen molar-refractivity contribution < 1.29 is 23.7 Å². The second kappa shape index (κ2) is 9.68. The highest BCUT2D eigenvalue weighted by atomic mass is 16.5. The summed E-state index contributed by atoms with van der Waals surface area (Å²) in [6.45, 7) is 0.209. The van der Waals surface area contributed by atoms with Gasteiger partial charge in [-0.2, -0.15) is 0 Å². The molecule has 0 aliphatic carbocycles. The number of fused-ring (bicyclic) bond motifs is 5. The van der Waals surface area contributed by atoms with Crippen LogP contribution in [0.2, 0.25) is 0 Å². The highest BCUT2D eigenvalue weighted by molar-refractivity contribution is 6.19. The van der Waals surface area contributed by atoms with Crippen LogP contribution in [0.25, 0.3) is 38.1 Å². The van der Waals surface area contributed by atoms with Crippen LogP contribution in [0.15, 0.2) is 71.7 Å². The van der Waals surface area contributed by atoms with Crippen molar-refractivity contribution >= 4 is 44.0 Å². The average molecular weight is 524 g/mol. The second-order valence-corrected chi connectivity index (χ2v) is 9.02. The van der Waals surface area contributed by atoms with E-state index in [0.717, 1.165) is 22.1 Å². The maximum Gasteiger partial charge on any atom is 0.267 e. The fourth-order valence-corrected chi connectivity index (χ4v) is 5.07. The lowest BCUT2D eigenvalue weighted by Crippen LogP contribution is -2.28. The highest BCUT2D eigenvalue weighted by Crippen LogP contribution is 2.39. The number of aromatic nitrogens is 2. The topological polar surface area (TPSA) is 100 Å². The van der Waals surface area contributed by atoms with Gasteiger partial charge in [0.1, 0.15) is 11.5 Å². The maximum absolute atomic E-state index is 13.9. The fraction of sp³-hybridized carbons (Fsp3) is 0.167. The number of hydrogen-bond donors (Lipinski definition) is 1. The zero-order valence-electron chi connectivity index (χ0n) is 21.6. The minimum absolute atomic E-state index is 0.151. The third-order valence-corrected chi connectivity index (χ3v) is 6.86. The molecule has 0 spiro atoms. The second-order valence-electron chi connectivity index (χ2n) is 9.02. The van der Waals surface area contributed by atoms with Crippen molar-refractivity contribution in [2.75, 3.05) is 27.9 Å². The molecule has 0 saturated heterocycles. The van der Waals surface area contributed by atoms with Gasteiger partial charge < -0.3 is 24.3 Å². The van der Waals surface area contributed by atoms with E-state index in [1.54, 1.807) is 29.8 Å². The molecule has 0 bridgehead atoms. The third kappa shape index (κ3) is 3.99. The van der Waals surface area contributed by atoms with Crippen LogP contribution in [-0.2, 0) is 11.3 Å². The van der Waals surface area contributed by atoms with Gasteiger partial charge in [0.05, 0.1) is 43.3 Å². The lowest BCUT2D eigenvalue weighted by molar-refractivity contribution is -0.123. The van der Waals surface area contributed by atoms with Crippen LogP contribution < -0.4 is 29.8 Å². The SMILES string of the molecule is COc1cccc(CNC(=O)COc2ccc3c(c2)c2ccnc4c5ccc(OC)c(OC)c5c(=O)n3c24)c1. The minimum atomic E-state index is -0.253. The molecule has 0 atom stereocenters. The quantitative estimate of drug-likeness (QED) is 0.297. The van der Waals surface area contributed by atoms with E-state index in [2.05, 4.69) is 10.3 Å². The van der Waals surface area contributed by atoms with Gasteiger partial charge in [-0.3, -0.25) is 19.0 Å². The first-order valence-corrected chi connectivity index (χ1v) is 12.3. The van der Waals surface area contributed by atoms with Crippen LogP contribution in [0.4, 0.5) is 0 Å². The minimum Gasteiger partial charge on any atom is -0.497 e. The molecule has 3 aromatic carbocycles. The standard InChI is InChI=1S/C30H25N3O6/c1-36-18-6-4-5-17(13-18)15-32-25(34)16-39-19-7-9-23-22(14-19)20-11-12-31-27-21-8-10-24(37-2)29(38-3)26(21)30(35)33(23)28(20)27/h4-14H,15-16H2,1-3H3,(H,32,34). The number of amides is 1. The Kier molecular flexibility index (Phi) is 6.03. The summed E-state index contributed by atoms with van der Waals surface area (Å²) in [5.74, 6) is 1.83. The normalized spacial score (nSPS) is 11.4. The Morgan fingerprint density at radius 3 is 2.56 bits per heavy atom. The number of carbonyl (C=O) groups excluding carboxylic acids is 1. The fourth-order valence-electron chi connectivity index (χ4n) is 5.07. The largest absolute Gasteiger partial charge is 0.497 e. The molecule has 0 fully saturated rings. The molecule has 39 heavy (non-hydrogen) atoms. The molecule has 0 aliphatic heterocycles. The van der Waals surface area contributed by atoms with Crippen LogP contribution in [0.3, 0.4) is 0 Å². The number of nitrogens with one attached hydrogen (secondary N) is 1. The molecule has 0 saturated carbocycles. The van der Waals surface area contributed by atoms with Gasteiger partial charge in [0.15, 0.2) is 18.1 Å². The summed E-state index contributed by atoms with van der Waals surface area (Å²) in [5, 5.41) is 5.61. The zero-order chi connectivity index (χ0) is 27.1. The van der Waals surface area contributed by atoms with Gasteiger partial charge in [0, 0.05) is 28.9 Å². The first-order valence-electron chi connectivity index (χ1n) is 12.3. The number of carbonyl (C=O) groups is 1. The van der Waals surface area contributed by atoms with Gasteiger partial charge in [-0.05, 0) is 54.1 Å². The van der Waals surface area contributed by atoms with Crippen LogP contribution >= 0.6 is 0 Å². The van der Waals surface area contributed by atoms with E-state index in [1.807, 2.05) is 48.5 Å². The van der Waals surface area contributed by atoms with Crippen LogP contribution in [0.1, 0.15) is 5.56 Å². The smallest absolute Gasteiger partial charge is 0.267 e. The van der Waals surface area contributed by atoms with Crippen molar-refractivity contribution in [2.45, 2.75) is 6.54 Å².